The first-order chi connectivity index (χ1) is 8.65. The van der Waals surface area contributed by atoms with Crippen LogP contribution < -0.4 is 0 Å². The smallest absolute Gasteiger partial charge is 0.00231 e. The van der Waals surface area contributed by atoms with Crippen LogP contribution in [0.1, 0.15) is 41.7 Å². The Morgan fingerprint density at radius 1 is 0.722 bits per heavy atom. The maximum absolute atomic E-state index is 2.25. The molecular weight excluding hydrogens is 216 g/mol. The lowest BCUT2D eigenvalue weighted by Crippen LogP contribution is -1.92. The molecule has 96 valence electrons. The fourth-order valence-corrected chi connectivity index (χ4v) is 1.97. The summed E-state index contributed by atoms with van der Waals surface area (Å²) in [5, 5.41) is 0. The van der Waals surface area contributed by atoms with Gasteiger partial charge in [-0.05, 0) is 43.9 Å². The highest BCUT2D eigenvalue weighted by molar-refractivity contribution is 5.35. The third kappa shape index (κ3) is 4.03. The molecule has 18 heavy (non-hydrogen) atoms. The van der Waals surface area contributed by atoms with Crippen molar-refractivity contribution in [1.29, 1.82) is 0 Å². The van der Waals surface area contributed by atoms with Crippen LogP contribution in [-0.4, -0.2) is 0 Å². The average molecular weight is 240 g/mol. The van der Waals surface area contributed by atoms with E-state index in [9.17, 15) is 0 Å². The Morgan fingerprint density at radius 3 is 1.83 bits per heavy atom. The summed E-state index contributed by atoms with van der Waals surface area (Å²) in [5.41, 5.74) is 6.86. The molecule has 0 saturated carbocycles. The summed E-state index contributed by atoms with van der Waals surface area (Å²) in [6.45, 7) is 10.5. The van der Waals surface area contributed by atoms with Gasteiger partial charge in [0.25, 0.3) is 0 Å². The van der Waals surface area contributed by atoms with Gasteiger partial charge < -0.3 is 0 Å². The van der Waals surface area contributed by atoms with E-state index in [1.165, 1.54) is 27.8 Å². The van der Waals surface area contributed by atoms with Crippen LogP contribution in [0.15, 0.2) is 42.5 Å². The Balaban J connectivity index is 0.000000771. The molecule has 0 heteroatoms. The molecule has 0 N–H and O–H groups in total. The van der Waals surface area contributed by atoms with Gasteiger partial charge in [-0.15, -0.1) is 0 Å². The Labute approximate surface area is 112 Å². The van der Waals surface area contributed by atoms with Crippen LogP contribution in [-0.2, 0) is 6.42 Å². The maximum Gasteiger partial charge on any atom is -0.00231 e. The van der Waals surface area contributed by atoms with Gasteiger partial charge in [0.2, 0.25) is 0 Å². The molecule has 0 amide bonds. The normalized spacial score (nSPS) is 9.61. The van der Waals surface area contributed by atoms with Gasteiger partial charge in [-0.2, -0.15) is 0 Å². The number of aryl methyl sites for hydroxylation is 3. The summed E-state index contributed by atoms with van der Waals surface area (Å²) in [7, 11) is 0. The monoisotopic (exact) mass is 240 g/mol. The fourth-order valence-electron chi connectivity index (χ4n) is 1.97. The van der Waals surface area contributed by atoms with Crippen LogP contribution in [0.2, 0.25) is 0 Å². The first-order valence-electron chi connectivity index (χ1n) is 6.77. The largest absolute Gasteiger partial charge is 0.0683 e. The number of hydrogen-bond donors (Lipinski definition) is 0. The fraction of sp³-hybridized carbons (Fsp3) is 0.333. The lowest BCUT2D eigenvalue weighted by atomic mass is 9.98. The molecule has 2 rings (SSSR count). The topological polar surface area (TPSA) is 0 Å². The molecule has 2 aromatic rings. The van der Waals surface area contributed by atoms with Gasteiger partial charge in [-0.1, -0.05) is 67.4 Å². The second kappa shape index (κ2) is 7.00. The molecular formula is C18H24. The molecule has 0 aliphatic heterocycles. The van der Waals surface area contributed by atoms with Crippen molar-refractivity contribution in [2.75, 3.05) is 0 Å². The van der Waals surface area contributed by atoms with Crippen molar-refractivity contribution < 1.29 is 0 Å². The van der Waals surface area contributed by atoms with E-state index in [1.807, 2.05) is 13.8 Å². The highest BCUT2D eigenvalue weighted by Gasteiger charge is 2.00. The van der Waals surface area contributed by atoms with Crippen molar-refractivity contribution in [3.05, 3.63) is 70.3 Å². The number of rotatable bonds is 2. The van der Waals surface area contributed by atoms with E-state index in [1.54, 1.807) is 0 Å². The minimum atomic E-state index is 1.03. The van der Waals surface area contributed by atoms with E-state index in [2.05, 4.69) is 63.2 Å². The molecule has 2 aromatic carbocycles. The highest BCUT2D eigenvalue weighted by atomic mass is 14.0. The first kappa shape index (κ1) is 14.5. The van der Waals surface area contributed by atoms with Crippen LogP contribution in [0, 0.1) is 20.8 Å². The quantitative estimate of drug-likeness (QED) is 0.674. The third-order valence-corrected chi connectivity index (χ3v) is 3.01. The van der Waals surface area contributed by atoms with Crippen LogP contribution in [0.25, 0.3) is 0 Å². The van der Waals surface area contributed by atoms with Gasteiger partial charge in [0.05, 0.1) is 0 Å². The Morgan fingerprint density at radius 2 is 1.28 bits per heavy atom. The summed E-state index contributed by atoms with van der Waals surface area (Å²) in [6.07, 6.45) is 1.03. The Kier molecular flexibility index (Phi) is 5.64. The van der Waals surface area contributed by atoms with Crippen LogP contribution in [0.4, 0.5) is 0 Å². The maximum atomic E-state index is 2.25. The molecule has 0 unspecified atom stereocenters. The standard InChI is InChI=1S/C16H18.C2H6/c1-12-4-7-15(8-5-12)11-16-9-6-13(2)10-14(16)3;1-2/h4-10H,11H2,1-3H3;1-2H3. The summed E-state index contributed by atoms with van der Waals surface area (Å²) in [4.78, 5) is 0. The molecule has 0 aromatic heterocycles. The van der Waals surface area contributed by atoms with Crippen molar-refractivity contribution in [3.8, 4) is 0 Å². The Hall–Kier alpha value is -1.56. The summed E-state index contributed by atoms with van der Waals surface area (Å²) < 4.78 is 0. The van der Waals surface area contributed by atoms with Crippen LogP contribution in [0.5, 0.6) is 0 Å². The van der Waals surface area contributed by atoms with E-state index >= 15 is 0 Å². The van der Waals surface area contributed by atoms with Crippen LogP contribution >= 0.6 is 0 Å². The molecule has 0 bridgehead atoms. The molecule has 0 atom stereocenters. The van der Waals surface area contributed by atoms with Gasteiger partial charge in [0.1, 0.15) is 0 Å². The van der Waals surface area contributed by atoms with Gasteiger partial charge in [-0.25, -0.2) is 0 Å². The van der Waals surface area contributed by atoms with Crippen molar-refractivity contribution >= 4 is 0 Å². The van der Waals surface area contributed by atoms with Crippen molar-refractivity contribution in [3.63, 3.8) is 0 Å². The molecule has 0 saturated heterocycles. The van der Waals surface area contributed by atoms with E-state index in [0.717, 1.165) is 6.42 Å². The summed E-state index contributed by atoms with van der Waals surface area (Å²) >= 11 is 0. The van der Waals surface area contributed by atoms with Gasteiger partial charge >= 0.3 is 0 Å². The second-order valence-corrected chi connectivity index (χ2v) is 4.59. The predicted octanol–water partition coefficient (Wildman–Crippen LogP) is 5.23. The molecule has 0 radical (unpaired) electrons. The van der Waals surface area contributed by atoms with Crippen molar-refractivity contribution in [1.82, 2.24) is 0 Å². The summed E-state index contributed by atoms with van der Waals surface area (Å²) in [5.74, 6) is 0. The number of benzene rings is 2. The van der Waals surface area contributed by atoms with Crippen molar-refractivity contribution in [2.45, 2.75) is 41.0 Å². The molecule has 0 aliphatic rings. The molecule has 0 aliphatic carbocycles. The summed E-state index contributed by atoms with van der Waals surface area (Å²) in [6, 6.07) is 15.5. The zero-order chi connectivity index (χ0) is 13.5. The van der Waals surface area contributed by atoms with Gasteiger partial charge in [0.15, 0.2) is 0 Å². The predicted molar refractivity (Wildman–Crippen MR) is 81.2 cm³/mol. The van der Waals surface area contributed by atoms with E-state index in [-0.39, 0.29) is 0 Å². The minimum absolute atomic E-state index is 1.03. The molecule has 0 fully saturated rings. The average Bonchev–Trinajstić information content (AvgIpc) is 2.38. The van der Waals surface area contributed by atoms with Crippen molar-refractivity contribution in [2.24, 2.45) is 0 Å². The van der Waals surface area contributed by atoms with E-state index in [4.69, 9.17) is 0 Å². The second-order valence-electron chi connectivity index (χ2n) is 4.59. The Bertz CT molecular complexity index is 478. The van der Waals surface area contributed by atoms with E-state index in [0.29, 0.717) is 0 Å². The molecule has 0 spiro atoms. The zero-order valence-electron chi connectivity index (χ0n) is 12.2. The highest BCUT2D eigenvalue weighted by Crippen LogP contribution is 2.15. The number of hydrogen-bond acceptors (Lipinski definition) is 0. The SMILES string of the molecule is CC.Cc1ccc(Cc2ccc(C)cc2C)cc1. The first-order valence-corrected chi connectivity index (χ1v) is 6.77. The third-order valence-electron chi connectivity index (χ3n) is 3.01. The minimum Gasteiger partial charge on any atom is -0.0683 e. The van der Waals surface area contributed by atoms with E-state index < -0.39 is 0 Å². The van der Waals surface area contributed by atoms with Crippen LogP contribution in [0.3, 0.4) is 0 Å². The van der Waals surface area contributed by atoms with Gasteiger partial charge in [-0.3, -0.25) is 0 Å². The van der Waals surface area contributed by atoms with Gasteiger partial charge in [0, 0.05) is 0 Å². The lowest BCUT2D eigenvalue weighted by Gasteiger charge is -2.07. The molecule has 0 nitrogen and oxygen atoms in total. The lowest BCUT2D eigenvalue weighted by molar-refractivity contribution is 1.14. The zero-order valence-corrected chi connectivity index (χ0v) is 12.2. The molecule has 0 heterocycles.